The number of nitrogens with one attached hydrogen (secondary N) is 1. The number of morpholine rings is 1. The first-order chi connectivity index (χ1) is 11.7. The van der Waals surface area contributed by atoms with Crippen LogP contribution in [0.15, 0.2) is 43.0 Å². The van der Waals surface area contributed by atoms with E-state index in [0.717, 1.165) is 17.7 Å². The summed E-state index contributed by atoms with van der Waals surface area (Å²) in [6.07, 6.45) is 6.32. The van der Waals surface area contributed by atoms with Crippen molar-refractivity contribution in [3.63, 3.8) is 0 Å². The molecule has 1 aliphatic rings. The molecule has 1 aromatic carbocycles. The quantitative estimate of drug-likeness (QED) is 0.939. The molecule has 2 aromatic rings. The summed E-state index contributed by atoms with van der Waals surface area (Å²) >= 11 is 0. The van der Waals surface area contributed by atoms with E-state index < -0.39 is 0 Å². The molecule has 0 aliphatic carbocycles. The Morgan fingerprint density at radius 3 is 3.12 bits per heavy atom. The number of nitrogens with zero attached hydrogens (tertiary/aromatic N) is 3. The Kier molecular flexibility index (Phi) is 5.15. The van der Waals surface area contributed by atoms with E-state index in [2.05, 4.69) is 23.3 Å². The smallest absolute Gasteiger partial charge is 0.318 e. The van der Waals surface area contributed by atoms with Crippen molar-refractivity contribution in [2.75, 3.05) is 19.8 Å². The van der Waals surface area contributed by atoms with Crippen LogP contribution in [0.1, 0.15) is 31.9 Å². The van der Waals surface area contributed by atoms with Crippen molar-refractivity contribution in [2.45, 2.75) is 32.4 Å². The second kappa shape index (κ2) is 7.49. The number of urea groups is 1. The molecule has 1 N–H and O–H groups in total. The first-order valence-electron chi connectivity index (χ1n) is 8.42. The summed E-state index contributed by atoms with van der Waals surface area (Å²) in [5.41, 5.74) is 2.10. The standard InChI is InChI=1S/C18H24N4O2/c1-3-16-12-24-10-9-22(16)18(23)20-14(2)15-5-4-6-17(11-15)21-8-7-19-13-21/h4-8,11,13-14,16H,3,9-10,12H2,1-2H3,(H,20,23)/t14-,16-/m0/s1. The molecule has 24 heavy (non-hydrogen) atoms. The number of benzene rings is 1. The largest absolute Gasteiger partial charge is 0.377 e. The molecule has 2 atom stereocenters. The summed E-state index contributed by atoms with van der Waals surface area (Å²) in [6, 6.07) is 8.19. The fourth-order valence-electron chi connectivity index (χ4n) is 2.98. The molecule has 3 rings (SSSR count). The van der Waals surface area contributed by atoms with Crippen LogP contribution in [0.5, 0.6) is 0 Å². The number of aromatic nitrogens is 2. The van der Waals surface area contributed by atoms with E-state index in [9.17, 15) is 4.79 Å². The first kappa shape index (κ1) is 16.5. The second-order valence-electron chi connectivity index (χ2n) is 6.07. The van der Waals surface area contributed by atoms with Crippen LogP contribution in [0, 0.1) is 0 Å². The number of imidazole rings is 1. The van der Waals surface area contributed by atoms with Gasteiger partial charge in [-0.15, -0.1) is 0 Å². The van der Waals surface area contributed by atoms with Crippen LogP contribution in [0.3, 0.4) is 0 Å². The zero-order chi connectivity index (χ0) is 16.9. The minimum atomic E-state index is -0.0682. The molecule has 0 saturated carbocycles. The molecule has 1 saturated heterocycles. The van der Waals surface area contributed by atoms with Crippen molar-refractivity contribution in [3.8, 4) is 5.69 Å². The van der Waals surface area contributed by atoms with Crippen LogP contribution >= 0.6 is 0 Å². The van der Waals surface area contributed by atoms with Gasteiger partial charge in [0.25, 0.3) is 0 Å². The third kappa shape index (κ3) is 3.59. The summed E-state index contributed by atoms with van der Waals surface area (Å²) in [7, 11) is 0. The highest BCUT2D eigenvalue weighted by molar-refractivity contribution is 5.75. The number of hydrogen-bond donors (Lipinski definition) is 1. The first-order valence-corrected chi connectivity index (χ1v) is 8.42. The normalized spacial score (nSPS) is 19.1. The van der Waals surface area contributed by atoms with Crippen molar-refractivity contribution in [1.29, 1.82) is 0 Å². The molecule has 0 radical (unpaired) electrons. The van der Waals surface area contributed by atoms with Gasteiger partial charge < -0.3 is 19.5 Å². The van der Waals surface area contributed by atoms with Crippen LogP contribution in [0.2, 0.25) is 0 Å². The van der Waals surface area contributed by atoms with E-state index in [1.54, 1.807) is 12.5 Å². The molecule has 1 aromatic heterocycles. The molecule has 6 nitrogen and oxygen atoms in total. The van der Waals surface area contributed by atoms with Gasteiger partial charge in [-0.05, 0) is 31.0 Å². The van der Waals surface area contributed by atoms with Gasteiger partial charge in [-0.25, -0.2) is 9.78 Å². The average Bonchev–Trinajstić information content (AvgIpc) is 3.16. The SMILES string of the molecule is CC[C@H]1COCCN1C(=O)N[C@@H](C)c1cccc(-n2ccnc2)c1. The summed E-state index contributed by atoms with van der Waals surface area (Å²) < 4.78 is 7.42. The average molecular weight is 328 g/mol. The molecule has 0 bridgehead atoms. The van der Waals surface area contributed by atoms with Gasteiger partial charge in [0.2, 0.25) is 0 Å². The minimum Gasteiger partial charge on any atom is -0.377 e. The second-order valence-corrected chi connectivity index (χ2v) is 6.07. The highest BCUT2D eigenvalue weighted by Crippen LogP contribution is 2.18. The maximum Gasteiger partial charge on any atom is 0.318 e. The number of carbonyl (C=O) groups is 1. The van der Waals surface area contributed by atoms with Gasteiger partial charge in [0, 0.05) is 24.6 Å². The topological polar surface area (TPSA) is 59.4 Å². The van der Waals surface area contributed by atoms with E-state index in [0.29, 0.717) is 19.8 Å². The van der Waals surface area contributed by atoms with E-state index in [1.165, 1.54) is 0 Å². The lowest BCUT2D eigenvalue weighted by atomic mass is 10.1. The van der Waals surface area contributed by atoms with E-state index >= 15 is 0 Å². The third-order valence-corrected chi connectivity index (χ3v) is 4.47. The number of ether oxygens (including phenoxy) is 1. The molecule has 1 aliphatic heterocycles. The van der Waals surface area contributed by atoms with Gasteiger partial charge in [0.1, 0.15) is 0 Å². The Morgan fingerprint density at radius 1 is 1.50 bits per heavy atom. The van der Waals surface area contributed by atoms with Crippen LogP contribution in [-0.4, -0.2) is 46.3 Å². The zero-order valence-corrected chi connectivity index (χ0v) is 14.2. The van der Waals surface area contributed by atoms with Gasteiger partial charge >= 0.3 is 6.03 Å². The van der Waals surface area contributed by atoms with Crippen molar-refractivity contribution < 1.29 is 9.53 Å². The van der Waals surface area contributed by atoms with Gasteiger partial charge in [-0.2, -0.15) is 0 Å². The highest BCUT2D eigenvalue weighted by atomic mass is 16.5. The molecule has 128 valence electrons. The molecule has 2 heterocycles. The molecule has 0 unspecified atom stereocenters. The molecule has 1 fully saturated rings. The maximum atomic E-state index is 12.6. The minimum absolute atomic E-state index is 0.0225. The Hall–Kier alpha value is -2.34. The van der Waals surface area contributed by atoms with Crippen molar-refractivity contribution in [3.05, 3.63) is 48.5 Å². The Labute approximate surface area is 142 Å². The number of carbonyl (C=O) groups excluding carboxylic acids is 1. The predicted molar refractivity (Wildman–Crippen MR) is 92.1 cm³/mol. The van der Waals surface area contributed by atoms with E-state index in [4.69, 9.17) is 4.74 Å². The summed E-state index contributed by atoms with van der Waals surface area (Å²) in [6.45, 7) is 5.96. The van der Waals surface area contributed by atoms with Gasteiger partial charge in [-0.3, -0.25) is 0 Å². The molecule has 2 amide bonds. The summed E-state index contributed by atoms with van der Waals surface area (Å²) in [5, 5.41) is 3.11. The predicted octanol–water partition coefficient (Wildman–Crippen LogP) is 2.75. The number of hydrogen-bond acceptors (Lipinski definition) is 3. The fraction of sp³-hybridized carbons (Fsp3) is 0.444. The van der Waals surface area contributed by atoms with Gasteiger partial charge in [0.15, 0.2) is 0 Å². The van der Waals surface area contributed by atoms with Crippen molar-refractivity contribution in [1.82, 2.24) is 19.8 Å². The lowest BCUT2D eigenvalue weighted by molar-refractivity contribution is 0.0108. The van der Waals surface area contributed by atoms with Crippen LogP contribution in [0.4, 0.5) is 4.79 Å². The van der Waals surface area contributed by atoms with Crippen molar-refractivity contribution in [2.24, 2.45) is 0 Å². The number of rotatable bonds is 4. The molecule has 6 heteroatoms. The Bertz CT molecular complexity index is 671. The lowest BCUT2D eigenvalue weighted by Crippen LogP contribution is -2.52. The number of amides is 2. The fourth-order valence-corrected chi connectivity index (χ4v) is 2.98. The third-order valence-electron chi connectivity index (χ3n) is 4.47. The Morgan fingerprint density at radius 2 is 2.38 bits per heavy atom. The Balaban J connectivity index is 1.69. The highest BCUT2D eigenvalue weighted by Gasteiger charge is 2.26. The maximum absolute atomic E-state index is 12.6. The van der Waals surface area contributed by atoms with E-state index in [-0.39, 0.29) is 18.1 Å². The monoisotopic (exact) mass is 328 g/mol. The van der Waals surface area contributed by atoms with Crippen LogP contribution in [-0.2, 0) is 4.74 Å². The van der Waals surface area contributed by atoms with Crippen LogP contribution in [0.25, 0.3) is 5.69 Å². The van der Waals surface area contributed by atoms with Gasteiger partial charge in [0.05, 0.1) is 31.6 Å². The zero-order valence-electron chi connectivity index (χ0n) is 14.2. The van der Waals surface area contributed by atoms with E-state index in [1.807, 2.05) is 40.8 Å². The summed E-state index contributed by atoms with van der Waals surface area (Å²) in [4.78, 5) is 18.6. The van der Waals surface area contributed by atoms with Crippen molar-refractivity contribution >= 4 is 6.03 Å². The summed E-state index contributed by atoms with van der Waals surface area (Å²) in [5.74, 6) is 0. The van der Waals surface area contributed by atoms with Gasteiger partial charge in [-0.1, -0.05) is 19.1 Å². The van der Waals surface area contributed by atoms with Crippen LogP contribution < -0.4 is 5.32 Å². The molecular formula is C18H24N4O2. The lowest BCUT2D eigenvalue weighted by Gasteiger charge is -2.35. The molecule has 0 spiro atoms. The molecular weight excluding hydrogens is 304 g/mol.